The molecule has 4 amide bonds. The highest BCUT2D eigenvalue weighted by Gasteiger charge is 2.36. The van der Waals surface area contributed by atoms with Crippen molar-refractivity contribution < 1.29 is 23.9 Å². The molecule has 0 bridgehead atoms. The number of hydrogen-bond acceptors (Lipinski definition) is 6. The van der Waals surface area contributed by atoms with Gasteiger partial charge in [-0.2, -0.15) is 0 Å². The Morgan fingerprint density at radius 3 is 2.67 bits per heavy atom. The van der Waals surface area contributed by atoms with Gasteiger partial charge in [-0.15, -0.1) is 0 Å². The van der Waals surface area contributed by atoms with E-state index in [1.165, 1.54) is 4.90 Å². The number of morpholine rings is 1. The molecule has 3 aliphatic heterocycles. The summed E-state index contributed by atoms with van der Waals surface area (Å²) < 4.78 is 11.2. The third-order valence-electron chi connectivity index (χ3n) is 4.94. The first-order chi connectivity index (χ1) is 13.1. The van der Waals surface area contributed by atoms with Crippen molar-refractivity contribution in [3.63, 3.8) is 0 Å². The zero-order valence-electron chi connectivity index (χ0n) is 14.9. The van der Waals surface area contributed by atoms with Crippen LogP contribution in [-0.2, 0) is 14.3 Å². The Kier molecular flexibility index (Phi) is 4.85. The fraction of sp³-hybridized carbons (Fsp3) is 0.500. The topological polar surface area (TPSA) is 91.4 Å². The second-order valence-corrected chi connectivity index (χ2v) is 6.67. The quantitative estimate of drug-likeness (QED) is 0.779. The average Bonchev–Trinajstić information content (AvgIpc) is 3.14. The van der Waals surface area contributed by atoms with E-state index in [0.29, 0.717) is 45.1 Å². The van der Waals surface area contributed by atoms with E-state index < -0.39 is 6.10 Å². The molecule has 0 aliphatic carbocycles. The standard InChI is InChI=1S/C18H22N4O5/c23-16(22-6-5-19-18(22)25)12-21-11-15(17(24)20-7-9-26-10-8-20)27-14-4-2-1-3-13(14)21/h1-4,15H,5-12H2,(H,19,25). The summed E-state index contributed by atoms with van der Waals surface area (Å²) in [6, 6.07) is 6.94. The first kappa shape index (κ1) is 17.6. The number of nitrogens with one attached hydrogen (secondary N) is 1. The Hall–Kier alpha value is -2.81. The van der Waals surface area contributed by atoms with Crippen LogP contribution in [0.1, 0.15) is 0 Å². The molecule has 3 aliphatic rings. The molecular formula is C18H22N4O5. The molecule has 1 aromatic carbocycles. The highest BCUT2D eigenvalue weighted by molar-refractivity contribution is 5.98. The van der Waals surface area contributed by atoms with E-state index in [1.807, 2.05) is 23.1 Å². The number of carbonyl (C=O) groups excluding carboxylic acids is 3. The Morgan fingerprint density at radius 2 is 1.93 bits per heavy atom. The van der Waals surface area contributed by atoms with Crippen molar-refractivity contribution in [2.24, 2.45) is 0 Å². The van der Waals surface area contributed by atoms with Crippen molar-refractivity contribution in [3.8, 4) is 5.75 Å². The number of para-hydroxylation sites is 2. The van der Waals surface area contributed by atoms with E-state index in [1.54, 1.807) is 11.0 Å². The van der Waals surface area contributed by atoms with Crippen molar-refractivity contribution in [2.75, 3.05) is 57.4 Å². The number of imide groups is 1. The van der Waals surface area contributed by atoms with Crippen LogP contribution in [-0.4, -0.2) is 86.2 Å². The number of nitrogens with zero attached hydrogens (tertiary/aromatic N) is 3. The number of hydrogen-bond donors (Lipinski definition) is 1. The maximum Gasteiger partial charge on any atom is 0.324 e. The van der Waals surface area contributed by atoms with E-state index in [4.69, 9.17) is 9.47 Å². The predicted molar refractivity (Wildman–Crippen MR) is 95.6 cm³/mol. The molecule has 0 radical (unpaired) electrons. The van der Waals surface area contributed by atoms with Gasteiger partial charge in [0.15, 0.2) is 6.10 Å². The second-order valence-electron chi connectivity index (χ2n) is 6.67. The molecule has 2 saturated heterocycles. The van der Waals surface area contributed by atoms with Gasteiger partial charge < -0.3 is 24.6 Å². The molecule has 144 valence electrons. The summed E-state index contributed by atoms with van der Waals surface area (Å²) in [5, 5.41) is 2.63. The number of fused-ring (bicyclic) bond motifs is 1. The Balaban J connectivity index is 1.52. The summed E-state index contributed by atoms with van der Waals surface area (Å²) in [5.41, 5.74) is 0.747. The minimum absolute atomic E-state index is 0.0146. The maximum absolute atomic E-state index is 12.9. The number of urea groups is 1. The minimum Gasteiger partial charge on any atom is -0.477 e. The summed E-state index contributed by atoms with van der Waals surface area (Å²) in [7, 11) is 0. The fourth-order valence-electron chi connectivity index (χ4n) is 3.53. The highest BCUT2D eigenvalue weighted by Crippen LogP contribution is 2.33. The van der Waals surface area contributed by atoms with E-state index >= 15 is 0 Å². The van der Waals surface area contributed by atoms with Crippen molar-refractivity contribution >= 4 is 23.5 Å². The highest BCUT2D eigenvalue weighted by atomic mass is 16.5. The monoisotopic (exact) mass is 374 g/mol. The third-order valence-corrected chi connectivity index (χ3v) is 4.94. The molecule has 0 spiro atoms. The van der Waals surface area contributed by atoms with E-state index in [0.717, 1.165) is 5.69 Å². The van der Waals surface area contributed by atoms with Gasteiger partial charge in [0.25, 0.3) is 5.91 Å². The van der Waals surface area contributed by atoms with Gasteiger partial charge in [-0.25, -0.2) is 4.79 Å². The summed E-state index contributed by atoms with van der Waals surface area (Å²) in [4.78, 5) is 42.0. The molecule has 1 N–H and O–H groups in total. The smallest absolute Gasteiger partial charge is 0.324 e. The predicted octanol–water partition coefficient (Wildman–Crippen LogP) is -0.335. The van der Waals surface area contributed by atoms with Crippen LogP contribution in [0.3, 0.4) is 0 Å². The number of anilines is 1. The van der Waals surface area contributed by atoms with Crippen LogP contribution in [0.4, 0.5) is 10.5 Å². The van der Waals surface area contributed by atoms with Crippen molar-refractivity contribution in [3.05, 3.63) is 24.3 Å². The van der Waals surface area contributed by atoms with Crippen LogP contribution >= 0.6 is 0 Å². The minimum atomic E-state index is -0.696. The summed E-state index contributed by atoms with van der Waals surface area (Å²) in [6.07, 6.45) is -0.696. The van der Waals surface area contributed by atoms with E-state index in [-0.39, 0.29) is 30.9 Å². The van der Waals surface area contributed by atoms with Gasteiger partial charge in [-0.05, 0) is 12.1 Å². The first-order valence-electron chi connectivity index (χ1n) is 9.09. The lowest BCUT2D eigenvalue weighted by Crippen LogP contribution is -2.54. The Labute approximate surface area is 156 Å². The van der Waals surface area contributed by atoms with Gasteiger partial charge >= 0.3 is 6.03 Å². The van der Waals surface area contributed by atoms with Gasteiger partial charge in [0.05, 0.1) is 32.0 Å². The molecule has 4 rings (SSSR count). The second kappa shape index (κ2) is 7.43. The lowest BCUT2D eigenvalue weighted by molar-refractivity contribution is -0.143. The largest absolute Gasteiger partial charge is 0.477 e. The number of benzene rings is 1. The molecule has 27 heavy (non-hydrogen) atoms. The maximum atomic E-state index is 12.9. The van der Waals surface area contributed by atoms with Crippen LogP contribution in [0.5, 0.6) is 5.75 Å². The molecule has 9 heteroatoms. The molecule has 3 heterocycles. The normalized spacial score (nSPS) is 22.1. The van der Waals surface area contributed by atoms with Crippen molar-refractivity contribution in [1.29, 1.82) is 0 Å². The number of carbonyl (C=O) groups is 3. The molecular weight excluding hydrogens is 352 g/mol. The summed E-state index contributed by atoms with van der Waals surface area (Å²) in [6.45, 7) is 3.19. The molecule has 0 saturated carbocycles. The third kappa shape index (κ3) is 3.55. The molecule has 0 aromatic heterocycles. The molecule has 2 fully saturated rings. The molecule has 9 nitrogen and oxygen atoms in total. The van der Waals surface area contributed by atoms with Gasteiger partial charge in [0, 0.05) is 26.2 Å². The van der Waals surface area contributed by atoms with Crippen LogP contribution in [0.15, 0.2) is 24.3 Å². The van der Waals surface area contributed by atoms with Crippen molar-refractivity contribution in [2.45, 2.75) is 6.10 Å². The molecule has 1 atom stereocenters. The summed E-state index contributed by atoms with van der Waals surface area (Å²) >= 11 is 0. The summed E-state index contributed by atoms with van der Waals surface area (Å²) in [5.74, 6) is 0.164. The van der Waals surface area contributed by atoms with Gasteiger partial charge in [0.1, 0.15) is 5.75 Å². The van der Waals surface area contributed by atoms with Crippen LogP contribution in [0.2, 0.25) is 0 Å². The number of rotatable bonds is 3. The Bertz CT molecular complexity index is 749. The lowest BCUT2D eigenvalue weighted by atomic mass is 10.1. The fourth-order valence-corrected chi connectivity index (χ4v) is 3.53. The lowest BCUT2D eigenvalue weighted by Gasteiger charge is -2.38. The van der Waals surface area contributed by atoms with Crippen LogP contribution in [0, 0.1) is 0 Å². The number of ether oxygens (including phenoxy) is 2. The van der Waals surface area contributed by atoms with Crippen molar-refractivity contribution in [1.82, 2.24) is 15.1 Å². The first-order valence-corrected chi connectivity index (χ1v) is 9.09. The van der Waals surface area contributed by atoms with E-state index in [9.17, 15) is 14.4 Å². The van der Waals surface area contributed by atoms with Gasteiger partial charge in [-0.1, -0.05) is 12.1 Å². The molecule has 1 aromatic rings. The van der Waals surface area contributed by atoms with Crippen LogP contribution < -0.4 is 15.0 Å². The number of amides is 4. The zero-order chi connectivity index (χ0) is 18.8. The van der Waals surface area contributed by atoms with Crippen LogP contribution in [0.25, 0.3) is 0 Å². The van der Waals surface area contributed by atoms with Gasteiger partial charge in [0.2, 0.25) is 5.91 Å². The van der Waals surface area contributed by atoms with E-state index in [2.05, 4.69) is 5.32 Å². The average molecular weight is 374 g/mol. The Morgan fingerprint density at radius 1 is 1.15 bits per heavy atom. The zero-order valence-corrected chi connectivity index (χ0v) is 14.9. The molecule has 1 unspecified atom stereocenters. The van der Waals surface area contributed by atoms with Gasteiger partial charge in [-0.3, -0.25) is 14.5 Å². The SMILES string of the molecule is O=C(C1CN(CC(=O)N2CCNC2=O)c2ccccc2O1)N1CCOCC1.